The Balaban J connectivity index is 2.67. The van der Waals surface area contributed by atoms with Gasteiger partial charge < -0.3 is 15.3 Å². The Bertz CT molecular complexity index is 302. The topological polar surface area (TPSA) is 48.4 Å². The van der Waals surface area contributed by atoms with Crippen LogP contribution in [0.3, 0.4) is 0 Å². The van der Waals surface area contributed by atoms with Gasteiger partial charge in [-0.15, -0.1) is 0 Å². The molecule has 1 atom stereocenters. The van der Waals surface area contributed by atoms with Crippen molar-refractivity contribution in [1.82, 2.24) is 10.3 Å². The standard InChI is InChI=1S/C11H19N3O/c1-9(8-15)13-7-10-6-12-5-4-11(10)14(2)3/h4-6,9,13,15H,7-8H2,1-3H3/t9-/m0/s1. The van der Waals surface area contributed by atoms with E-state index < -0.39 is 0 Å². The Labute approximate surface area is 90.9 Å². The molecule has 0 bridgehead atoms. The monoisotopic (exact) mass is 209 g/mol. The number of nitrogens with zero attached hydrogens (tertiary/aromatic N) is 2. The van der Waals surface area contributed by atoms with Crippen LogP contribution in [0, 0.1) is 0 Å². The molecule has 0 aromatic carbocycles. The highest BCUT2D eigenvalue weighted by atomic mass is 16.3. The average molecular weight is 209 g/mol. The molecule has 0 spiro atoms. The van der Waals surface area contributed by atoms with Crippen molar-refractivity contribution < 1.29 is 5.11 Å². The maximum Gasteiger partial charge on any atom is 0.0582 e. The first-order chi connectivity index (χ1) is 7.15. The van der Waals surface area contributed by atoms with Gasteiger partial charge in [-0.3, -0.25) is 4.98 Å². The highest BCUT2D eigenvalue weighted by Gasteiger charge is 2.05. The second kappa shape index (κ2) is 5.68. The van der Waals surface area contributed by atoms with Crippen LogP contribution in [0.5, 0.6) is 0 Å². The van der Waals surface area contributed by atoms with E-state index in [-0.39, 0.29) is 12.6 Å². The van der Waals surface area contributed by atoms with Crippen molar-refractivity contribution in [3.8, 4) is 0 Å². The first-order valence-electron chi connectivity index (χ1n) is 5.09. The van der Waals surface area contributed by atoms with Gasteiger partial charge in [0.05, 0.1) is 6.61 Å². The van der Waals surface area contributed by atoms with Gasteiger partial charge in [0, 0.05) is 50.3 Å². The molecule has 4 nitrogen and oxygen atoms in total. The largest absolute Gasteiger partial charge is 0.395 e. The fraction of sp³-hybridized carbons (Fsp3) is 0.545. The number of aliphatic hydroxyl groups is 1. The minimum Gasteiger partial charge on any atom is -0.395 e. The molecule has 0 radical (unpaired) electrons. The van der Waals surface area contributed by atoms with Crippen molar-refractivity contribution in [1.29, 1.82) is 0 Å². The molecule has 1 rings (SSSR count). The molecule has 1 heterocycles. The lowest BCUT2D eigenvalue weighted by Gasteiger charge is -2.18. The summed E-state index contributed by atoms with van der Waals surface area (Å²) < 4.78 is 0. The number of aliphatic hydroxyl groups excluding tert-OH is 1. The molecule has 1 aromatic heterocycles. The quantitative estimate of drug-likeness (QED) is 0.746. The van der Waals surface area contributed by atoms with E-state index in [2.05, 4.69) is 15.2 Å². The smallest absolute Gasteiger partial charge is 0.0582 e. The molecule has 0 fully saturated rings. The molecule has 84 valence electrons. The fourth-order valence-corrected chi connectivity index (χ4v) is 1.34. The molecule has 0 amide bonds. The number of anilines is 1. The van der Waals surface area contributed by atoms with Crippen molar-refractivity contribution in [3.63, 3.8) is 0 Å². The molecule has 0 aliphatic carbocycles. The van der Waals surface area contributed by atoms with E-state index in [1.807, 2.05) is 33.3 Å². The highest BCUT2D eigenvalue weighted by Crippen LogP contribution is 2.16. The lowest BCUT2D eigenvalue weighted by molar-refractivity contribution is 0.251. The maximum absolute atomic E-state index is 8.90. The van der Waals surface area contributed by atoms with Gasteiger partial charge in [0.2, 0.25) is 0 Å². The van der Waals surface area contributed by atoms with E-state index in [9.17, 15) is 0 Å². The van der Waals surface area contributed by atoms with Crippen LogP contribution >= 0.6 is 0 Å². The van der Waals surface area contributed by atoms with Gasteiger partial charge in [-0.1, -0.05) is 0 Å². The Kier molecular flexibility index (Phi) is 4.52. The lowest BCUT2D eigenvalue weighted by atomic mass is 10.2. The van der Waals surface area contributed by atoms with E-state index in [1.165, 1.54) is 0 Å². The summed E-state index contributed by atoms with van der Waals surface area (Å²) in [4.78, 5) is 6.16. The van der Waals surface area contributed by atoms with Crippen molar-refractivity contribution in [3.05, 3.63) is 24.0 Å². The summed E-state index contributed by atoms with van der Waals surface area (Å²) in [6.45, 7) is 2.83. The SMILES string of the molecule is C[C@@H](CO)NCc1cnccc1N(C)C. The van der Waals surface area contributed by atoms with E-state index >= 15 is 0 Å². The van der Waals surface area contributed by atoms with E-state index in [0.717, 1.165) is 17.8 Å². The number of aromatic nitrogens is 1. The maximum atomic E-state index is 8.90. The van der Waals surface area contributed by atoms with Crippen LogP contribution in [0.4, 0.5) is 5.69 Å². The van der Waals surface area contributed by atoms with Gasteiger partial charge >= 0.3 is 0 Å². The third-order valence-electron chi connectivity index (χ3n) is 2.27. The molecule has 15 heavy (non-hydrogen) atoms. The van der Waals surface area contributed by atoms with Crippen LogP contribution in [-0.4, -0.2) is 36.8 Å². The molecule has 4 heteroatoms. The average Bonchev–Trinajstić information content (AvgIpc) is 2.26. The predicted octanol–water partition coefficient (Wildman–Crippen LogP) is 0.618. The molecule has 0 aliphatic heterocycles. The Morgan fingerprint density at radius 3 is 2.87 bits per heavy atom. The van der Waals surface area contributed by atoms with Gasteiger partial charge in [0.15, 0.2) is 0 Å². The summed E-state index contributed by atoms with van der Waals surface area (Å²) in [5, 5.41) is 12.1. The second-order valence-corrected chi connectivity index (χ2v) is 3.86. The van der Waals surface area contributed by atoms with Crippen LogP contribution < -0.4 is 10.2 Å². The fourth-order valence-electron chi connectivity index (χ4n) is 1.34. The minimum atomic E-state index is 0.111. The van der Waals surface area contributed by atoms with Crippen molar-refractivity contribution in [2.24, 2.45) is 0 Å². The van der Waals surface area contributed by atoms with Crippen LogP contribution in [0.2, 0.25) is 0 Å². The van der Waals surface area contributed by atoms with E-state index in [4.69, 9.17) is 5.11 Å². The Morgan fingerprint density at radius 2 is 2.27 bits per heavy atom. The molecule has 0 unspecified atom stereocenters. The zero-order valence-electron chi connectivity index (χ0n) is 9.57. The molecular weight excluding hydrogens is 190 g/mol. The summed E-state index contributed by atoms with van der Waals surface area (Å²) in [6.07, 6.45) is 3.64. The molecule has 0 saturated carbocycles. The van der Waals surface area contributed by atoms with Crippen LogP contribution in [0.25, 0.3) is 0 Å². The van der Waals surface area contributed by atoms with Crippen molar-refractivity contribution in [2.75, 3.05) is 25.6 Å². The first kappa shape index (κ1) is 11.9. The van der Waals surface area contributed by atoms with Gasteiger partial charge in [-0.05, 0) is 13.0 Å². The lowest BCUT2D eigenvalue weighted by Crippen LogP contribution is -2.29. The molecular formula is C11H19N3O. The zero-order valence-corrected chi connectivity index (χ0v) is 9.57. The van der Waals surface area contributed by atoms with Gasteiger partial charge in [-0.2, -0.15) is 0 Å². The summed E-state index contributed by atoms with van der Waals surface area (Å²) in [7, 11) is 4.02. The zero-order chi connectivity index (χ0) is 11.3. The number of hydrogen-bond acceptors (Lipinski definition) is 4. The van der Waals surface area contributed by atoms with Crippen molar-refractivity contribution in [2.45, 2.75) is 19.5 Å². The Morgan fingerprint density at radius 1 is 1.53 bits per heavy atom. The summed E-state index contributed by atoms with van der Waals surface area (Å²) in [5.74, 6) is 0. The summed E-state index contributed by atoms with van der Waals surface area (Å²) in [6, 6.07) is 2.10. The van der Waals surface area contributed by atoms with Gasteiger partial charge in [0.1, 0.15) is 0 Å². The molecule has 1 aromatic rings. The van der Waals surface area contributed by atoms with E-state index in [1.54, 1.807) is 6.20 Å². The summed E-state index contributed by atoms with van der Waals surface area (Å²) >= 11 is 0. The third kappa shape index (κ3) is 3.49. The second-order valence-electron chi connectivity index (χ2n) is 3.86. The minimum absolute atomic E-state index is 0.111. The molecule has 2 N–H and O–H groups in total. The first-order valence-corrected chi connectivity index (χ1v) is 5.09. The number of hydrogen-bond donors (Lipinski definition) is 2. The Hall–Kier alpha value is -1.13. The van der Waals surface area contributed by atoms with E-state index in [0.29, 0.717) is 0 Å². The highest BCUT2D eigenvalue weighted by molar-refractivity contribution is 5.50. The molecule has 0 aliphatic rings. The molecule has 0 saturated heterocycles. The number of pyridine rings is 1. The van der Waals surface area contributed by atoms with Gasteiger partial charge in [-0.25, -0.2) is 0 Å². The number of nitrogens with one attached hydrogen (secondary N) is 1. The normalized spacial score (nSPS) is 12.5. The van der Waals surface area contributed by atoms with Crippen LogP contribution in [-0.2, 0) is 6.54 Å². The number of rotatable bonds is 5. The van der Waals surface area contributed by atoms with Crippen molar-refractivity contribution >= 4 is 5.69 Å². The predicted molar refractivity (Wildman–Crippen MR) is 62.0 cm³/mol. The van der Waals surface area contributed by atoms with Crippen LogP contribution in [0.15, 0.2) is 18.5 Å². The third-order valence-corrected chi connectivity index (χ3v) is 2.27. The van der Waals surface area contributed by atoms with Crippen LogP contribution in [0.1, 0.15) is 12.5 Å². The van der Waals surface area contributed by atoms with Gasteiger partial charge in [0.25, 0.3) is 0 Å². The summed E-state index contributed by atoms with van der Waals surface area (Å²) in [5.41, 5.74) is 2.30.